The van der Waals surface area contributed by atoms with Crippen LogP contribution in [0.4, 0.5) is 0 Å². The van der Waals surface area contributed by atoms with E-state index in [9.17, 15) is 9.59 Å². The fourth-order valence-corrected chi connectivity index (χ4v) is 3.11. The van der Waals surface area contributed by atoms with E-state index in [-0.39, 0.29) is 18.3 Å². The predicted octanol–water partition coefficient (Wildman–Crippen LogP) is 3.50. The first-order valence-corrected chi connectivity index (χ1v) is 8.65. The molecule has 1 amide bonds. The van der Waals surface area contributed by atoms with Gasteiger partial charge in [-0.05, 0) is 36.6 Å². The van der Waals surface area contributed by atoms with Crippen molar-refractivity contribution in [3.63, 3.8) is 0 Å². The van der Waals surface area contributed by atoms with E-state index in [1.54, 1.807) is 13.2 Å². The summed E-state index contributed by atoms with van der Waals surface area (Å²) in [4.78, 5) is 24.8. The van der Waals surface area contributed by atoms with E-state index in [0.29, 0.717) is 5.75 Å². The van der Waals surface area contributed by atoms with Crippen LogP contribution in [-0.4, -0.2) is 26.1 Å². The number of aryl methyl sites for hydroxylation is 1. The van der Waals surface area contributed by atoms with Crippen LogP contribution in [0.2, 0.25) is 0 Å². The summed E-state index contributed by atoms with van der Waals surface area (Å²) in [6.45, 7) is 1.97. The molecule has 0 saturated carbocycles. The third-order valence-corrected chi connectivity index (χ3v) is 4.59. The highest BCUT2D eigenvalue weighted by atomic mass is 32.1. The van der Waals surface area contributed by atoms with Crippen molar-refractivity contribution >= 4 is 29.3 Å². The summed E-state index contributed by atoms with van der Waals surface area (Å²) in [7, 11) is 2.92. The van der Waals surface area contributed by atoms with Crippen LogP contribution in [0.5, 0.6) is 5.75 Å². The van der Waals surface area contributed by atoms with E-state index in [1.165, 1.54) is 24.5 Å². The van der Waals surface area contributed by atoms with E-state index in [1.807, 2.05) is 42.6 Å². The first-order chi connectivity index (χ1) is 12.0. The number of hydrogen-bond acceptors (Lipinski definition) is 5. The molecule has 1 N–H and O–H groups in total. The van der Waals surface area contributed by atoms with E-state index in [4.69, 9.17) is 9.47 Å². The van der Waals surface area contributed by atoms with Gasteiger partial charge in [0.1, 0.15) is 5.75 Å². The summed E-state index contributed by atoms with van der Waals surface area (Å²) in [6, 6.07) is 9.09. The molecule has 1 heterocycles. The van der Waals surface area contributed by atoms with Gasteiger partial charge in [-0.1, -0.05) is 17.7 Å². The number of rotatable bonds is 7. The van der Waals surface area contributed by atoms with Gasteiger partial charge < -0.3 is 14.8 Å². The summed E-state index contributed by atoms with van der Waals surface area (Å²) in [5.74, 6) is 0.0351. The Kier molecular flexibility index (Phi) is 6.77. The van der Waals surface area contributed by atoms with Crippen molar-refractivity contribution in [2.24, 2.45) is 0 Å². The maximum Gasteiger partial charge on any atom is 0.307 e. The number of thiophene rings is 1. The van der Waals surface area contributed by atoms with Gasteiger partial charge in [0.05, 0.1) is 26.7 Å². The summed E-state index contributed by atoms with van der Waals surface area (Å²) in [5, 5.41) is 4.75. The molecule has 2 aromatic rings. The van der Waals surface area contributed by atoms with Crippen LogP contribution in [0.1, 0.15) is 28.5 Å². The second-order valence-electron chi connectivity index (χ2n) is 5.44. The SMILES string of the molecule is COC(=O)CC(NC(=O)/C=C/c1cc(C)ccc1OC)c1cccs1. The Morgan fingerprint density at radius 2 is 2.08 bits per heavy atom. The molecule has 132 valence electrons. The van der Waals surface area contributed by atoms with E-state index in [2.05, 4.69) is 5.32 Å². The molecule has 0 saturated heterocycles. The van der Waals surface area contributed by atoms with Crippen molar-refractivity contribution in [1.82, 2.24) is 5.32 Å². The zero-order chi connectivity index (χ0) is 18.2. The molecule has 0 spiro atoms. The lowest BCUT2D eigenvalue weighted by Gasteiger charge is -2.15. The van der Waals surface area contributed by atoms with Crippen LogP contribution in [0.3, 0.4) is 0 Å². The number of carbonyl (C=O) groups excluding carboxylic acids is 2. The van der Waals surface area contributed by atoms with Crippen LogP contribution in [0.25, 0.3) is 6.08 Å². The highest BCUT2D eigenvalue weighted by Crippen LogP contribution is 2.23. The molecule has 0 radical (unpaired) electrons. The van der Waals surface area contributed by atoms with Crippen LogP contribution >= 0.6 is 11.3 Å². The van der Waals surface area contributed by atoms with E-state index in [0.717, 1.165) is 16.0 Å². The average Bonchev–Trinajstić information content (AvgIpc) is 3.14. The highest BCUT2D eigenvalue weighted by Gasteiger charge is 2.18. The fourth-order valence-electron chi connectivity index (χ4n) is 2.33. The molecule has 0 bridgehead atoms. The third-order valence-electron chi connectivity index (χ3n) is 3.60. The van der Waals surface area contributed by atoms with Crippen molar-refractivity contribution in [3.8, 4) is 5.75 Å². The van der Waals surface area contributed by atoms with Gasteiger partial charge in [-0.3, -0.25) is 9.59 Å². The van der Waals surface area contributed by atoms with Crippen molar-refractivity contribution in [1.29, 1.82) is 0 Å². The number of carbonyl (C=O) groups is 2. The van der Waals surface area contributed by atoms with Gasteiger partial charge >= 0.3 is 5.97 Å². The molecule has 1 atom stereocenters. The number of ether oxygens (including phenoxy) is 2. The van der Waals surface area contributed by atoms with Gasteiger partial charge in [-0.2, -0.15) is 0 Å². The minimum atomic E-state index is -0.413. The number of nitrogens with one attached hydrogen (secondary N) is 1. The first-order valence-electron chi connectivity index (χ1n) is 7.77. The topological polar surface area (TPSA) is 64.6 Å². The summed E-state index contributed by atoms with van der Waals surface area (Å²) in [5.41, 5.74) is 1.89. The van der Waals surface area contributed by atoms with E-state index >= 15 is 0 Å². The van der Waals surface area contributed by atoms with Gasteiger partial charge in [0.25, 0.3) is 0 Å². The minimum absolute atomic E-state index is 0.0877. The molecule has 1 unspecified atom stereocenters. The summed E-state index contributed by atoms with van der Waals surface area (Å²) in [6.07, 6.45) is 3.23. The van der Waals surface area contributed by atoms with Crippen molar-refractivity contribution < 1.29 is 19.1 Å². The molecule has 0 aliphatic carbocycles. The molecular formula is C19H21NO4S. The Labute approximate surface area is 151 Å². The Bertz CT molecular complexity index is 753. The van der Waals surface area contributed by atoms with Crippen LogP contribution in [0, 0.1) is 6.92 Å². The standard InChI is InChI=1S/C19H21NO4S/c1-13-6-8-16(23-2)14(11-13)7-9-18(21)20-15(12-19(22)24-3)17-5-4-10-25-17/h4-11,15H,12H2,1-3H3,(H,20,21)/b9-7+. The van der Waals surface area contributed by atoms with Crippen LogP contribution < -0.4 is 10.1 Å². The highest BCUT2D eigenvalue weighted by molar-refractivity contribution is 7.10. The first kappa shape index (κ1) is 18.7. The number of amides is 1. The molecule has 25 heavy (non-hydrogen) atoms. The van der Waals surface area contributed by atoms with Gasteiger partial charge in [0.2, 0.25) is 5.91 Å². The molecule has 2 rings (SSSR count). The summed E-state index contributed by atoms with van der Waals surface area (Å²) >= 11 is 1.48. The fraction of sp³-hybridized carbons (Fsp3) is 0.263. The Hall–Kier alpha value is -2.60. The zero-order valence-electron chi connectivity index (χ0n) is 14.4. The smallest absolute Gasteiger partial charge is 0.307 e. The molecular weight excluding hydrogens is 338 g/mol. The maximum absolute atomic E-state index is 12.3. The molecule has 1 aromatic carbocycles. The molecule has 1 aromatic heterocycles. The average molecular weight is 359 g/mol. The largest absolute Gasteiger partial charge is 0.496 e. The molecule has 0 fully saturated rings. The molecule has 0 aliphatic heterocycles. The second kappa shape index (κ2) is 9.03. The monoisotopic (exact) mass is 359 g/mol. The van der Waals surface area contributed by atoms with Crippen molar-refractivity contribution in [3.05, 3.63) is 57.8 Å². The maximum atomic E-state index is 12.3. The second-order valence-corrected chi connectivity index (χ2v) is 6.41. The molecule has 0 aliphatic rings. The Morgan fingerprint density at radius 3 is 2.72 bits per heavy atom. The summed E-state index contributed by atoms with van der Waals surface area (Å²) < 4.78 is 10.0. The van der Waals surface area contributed by atoms with E-state index < -0.39 is 6.04 Å². The van der Waals surface area contributed by atoms with Gasteiger partial charge in [0.15, 0.2) is 0 Å². The Morgan fingerprint density at radius 1 is 1.28 bits per heavy atom. The quantitative estimate of drug-likeness (QED) is 0.607. The Balaban J connectivity index is 2.11. The van der Waals surface area contributed by atoms with Crippen LogP contribution in [0.15, 0.2) is 41.8 Å². The lowest BCUT2D eigenvalue weighted by Crippen LogP contribution is -2.28. The van der Waals surface area contributed by atoms with Crippen molar-refractivity contribution in [2.45, 2.75) is 19.4 Å². The number of hydrogen-bond donors (Lipinski definition) is 1. The number of esters is 1. The number of methoxy groups -OCH3 is 2. The lowest BCUT2D eigenvalue weighted by molar-refractivity contribution is -0.141. The van der Waals surface area contributed by atoms with Gasteiger partial charge in [-0.15, -0.1) is 11.3 Å². The van der Waals surface area contributed by atoms with Gasteiger partial charge in [0, 0.05) is 16.5 Å². The molecule has 5 nitrogen and oxygen atoms in total. The van der Waals surface area contributed by atoms with Gasteiger partial charge in [-0.25, -0.2) is 0 Å². The zero-order valence-corrected chi connectivity index (χ0v) is 15.3. The number of benzene rings is 1. The third kappa shape index (κ3) is 5.46. The minimum Gasteiger partial charge on any atom is -0.496 e. The predicted molar refractivity (Wildman–Crippen MR) is 98.6 cm³/mol. The van der Waals surface area contributed by atoms with Crippen LogP contribution in [-0.2, 0) is 14.3 Å². The normalized spacial score (nSPS) is 12.0. The van der Waals surface area contributed by atoms with Crippen molar-refractivity contribution in [2.75, 3.05) is 14.2 Å². The lowest BCUT2D eigenvalue weighted by atomic mass is 10.1. The molecule has 6 heteroatoms.